The highest BCUT2D eigenvalue weighted by Gasteiger charge is 2.42. The number of nitrogens with zero attached hydrogens (tertiary/aromatic N) is 2. The Bertz CT molecular complexity index is 821. The van der Waals surface area contributed by atoms with E-state index in [0.29, 0.717) is 17.9 Å². The zero-order valence-electron chi connectivity index (χ0n) is 14.9. The second-order valence-corrected chi connectivity index (χ2v) is 8.69. The average molecular weight is 365 g/mol. The summed E-state index contributed by atoms with van der Waals surface area (Å²) < 4.78 is 27.8. The number of carbonyl (C=O) groups excluding carboxylic acids is 2. The SMILES string of the molecule is Cc1cc(C)c(C)c(S(=O)(=O)N2CCC(N3C(=O)CNC3=O)C2)c1C. The van der Waals surface area contributed by atoms with Crippen molar-refractivity contribution >= 4 is 22.0 Å². The predicted molar refractivity (Wildman–Crippen MR) is 92.8 cm³/mol. The lowest BCUT2D eigenvalue weighted by molar-refractivity contribution is -0.126. The highest BCUT2D eigenvalue weighted by Crippen LogP contribution is 2.31. The molecule has 1 atom stereocenters. The maximum atomic E-state index is 13.2. The van der Waals surface area contributed by atoms with Gasteiger partial charge in [-0.05, 0) is 56.4 Å². The lowest BCUT2D eigenvalue weighted by Crippen LogP contribution is -2.43. The van der Waals surface area contributed by atoms with Gasteiger partial charge in [-0.1, -0.05) is 6.07 Å². The number of amides is 3. The van der Waals surface area contributed by atoms with Crippen LogP contribution in [0.2, 0.25) is 0 Å². The first-order valence-corrected chi connectivity index (χ1v) is 9.76. The van der Waals surface area contributed by atoms with Crippen molar-refractivity contribution in [2.75, 3.05) is 19.6 Å². The third kappa shape index (κ3) is 2.83. The van der Waals surface area contributed by atoms with Crippen LogP contribution in [0.4, 0.5) is 4.79 Å². The van der Waals surface area contributed by atoms with Crippen LogP contribution < -0.4 is 5.32 Å². The lowest BCUT2D eigenvalue weighted by Gasteiger charge is -2.23. The summed E-state index contributed by atoms with van der Waals surface area (Å²) >= 11 is 0. The van der Waals surface area contributed by atoms with Crippen LogP contribution in [0, 0.1) is 27.7 Å². The third-order valence-corrected chi connectivity index (χ3v) is 7.40. The minimum atomic E-state index is -3.68. The van der Waals surface area contributed by atoms with Crippen LogP contribution in [0.25, 0.3) is 0 Å². The number of aryl methyl sites for hydroxylation is 2. The molecular formula is C17H23N3O4S. The predicted octanol–water partition coefficient (Wildman–Crippen LogP) is 1.24. The summed E-state index contributed by atoms with van der Waals surface area (Å²) in [5.41, 5.74) is 3.38. The van der Waals surface area contributed by atoms with E-state index in [2.05, 4.69) is 5.32 Å². The molecule has 1 aromatic rings. The van der Waals surface area contributed by atoms with Gasteiger partial charge in [0.05, 0.1) is 17.5 Å². The van der Waals surface area contributed by atoms with Crippen molar-refractivity contribution in [3.05, 3.63) is 28.3 Å². The highest BCUT2D eigenvalue weighted by molar-refractivity contribution is 7.89. The molecule has 3 amide bonds. The zero-order valence-corrected chi connectivity index (χ0v) is 15.7. The summed E-state index contributed by atoms with van der Waals surface area (Å²) in [5, 5.41) is 2.48. The number of hydrogen-bond donors (Lipinski definition) is 1. The third-order valence-electron chi connectivity index (χ3n) is 5.26. The summed E-state index contributed by atoms with van der Waals surface area (Å²) in [6.07, 6.45) is 0.460. The summed E-state index contributed by atoms with van der Waals surface area (Å²) in [4.78, 5) is 25.2. The molecule has 2 aliphatic rings. The molecule has 25 heavy (non-hydrogen) atoms. The van der Waals surface area contributed by atoms with E-state index in [1.54, 1.807) is 0 Å². The molecule has 2 heterocycles. The number of imide groups is 1. The molecule has 0 spiro atoms. The summed E-state index contributed by atoms with van der Waals surface area (Å²) in [5.74, 6) is -0.298. The second kappa shape index (κ2) is 6.10. The van der Waals surface area contributed by atoms with E-state index in [9.17, 15) is 18.0 Å². The van der Waals surface area contributed by atoms with Crippen molar-refractivity contribution in [2.45, 2.75) is 45.1 Å². The van der Waals surface area contributed by atoms with Crippen LogP contribution in [0.3, 0.4) is 0 Å². The molecule has 136 valence electrons. The van der Waals surface area contributed by atoms with E-state index in [4.69, 9.17) is 0 Å². The van der Waals surface area contributed by atoms with E-state index in [1.165, 1.54) is 4.31 Å². The van der Waals surface area contributed by atoms with Crippen LogP contribution in [-0.4, -0.2) is 55.2 Å². The molecular weight excluding hydrogens is 342 g/mol. The standard InChI is InChI=1S/C17H23N3O4S/c1-10-7-11(2)13(4)16(12(10)3)25(23,24)19-6-5-14(9-19)20-15(21)8-18-17(20)22/h7,14H,5-6,8-9H2,1-4H3,(H,18,22). The van der Waals surface area contributed by atoms with Gasteiger partial charge in [0, 0.05) is 13.1 Å². The molecule has 0 saturated carbocycles. The van der Waals surface area contributed by atoms with Gasteiger partial charge in [-0.2, -0.15) is 4.31 Å². The van der Waals surface area contributed by atoms with Crippen LogP contribution in [0.15, 0.2) is 11.0 Å². The Morgan fingerprint density at radius 1 is 1.08 bits per heavy atom. The van der Waals surface area contributed by atoms with E-state index in [1.807, 2.05) is 33.8 Å². The fourth-order valence-corrected chi connectivity index (χ4v) is 5.71. The minimum absolute atomic E-state index is 0.0165. The molecule has 7 nitrogen and oxygen atoms in total. The Kier molecular flexibility index (Phi) is 4.36. The number of nitrogens with one attached hydrogen (secondary N) is 1. The van der Waals surface area contributed by atoms with E-state index in [-0.39, 0.29) is 19.0 Å². The van der Waals surface area contributed by atoms with Crippen molar-refractivity contribution < 1.29 is 18.0 Å². The van der Waals surface area contributed by atoms with Crippen molar-refractivity contribution in [1.29, 1.82) is 0 Å². The smallest absolute Gasteiger partial charge is 0.324 e. The van der Waals surface area contributed by atoms with Crippen LogP contribution in [0.1, 0.15) is 28.7 Å². The fourth-order valence-electron chi connectivity index (χ4n) is 3.64. The molecule has 3 rings (SSSR count). The molecule has 0 aromatic heterocycles. The van der Waals surface area contributed by atoms with Gasteiger partial charge in [0.25, 0.3) is 0 Å². The van der Waals surface area contributed by atoms with E-state index >= 15 is 0 Å². The van der Waals surface area contributed by atoms with Crippen molar-refractivity contribution in [3.63, 3.8) is 0 Å². The number of sulfonamides is 1. The Balaban J connectivity index is 1.93. The molecule has 1 aromatic carbocycles. The van der Waals surface area contributed by atoms with Gasteiger partial charge >= 0.3 is 6.03 Å². The zero-order chi connectivity index (χ0) is 18.5. The van der Waals surface area contributed by atoms with Gasteiger partial charge in [-0.25, -0.2) is 13.2 Å². The molecule has 0 aliphatic carbocycles. The van der Waals surface area contributed by atoms with Crippen LogP contribution in [0.5, 0.6) is 0 Å². The summed E-state index contributed by atoms with van der Waals surface area (Å²) in [6.45, 7) is 7.88. The maximum Gasteiger partial charge on any atom is 0.324 e. The molecule has 0 bridgehead atoms. The normalized spacial score (nSPS) is 21.9. The lowest BCUT2D eigenvalue weighted by atomic mass is 10.0. The molecule has 0 radical (unpaired) electrons. The Morgan fingerprint density at radius 2 is 1.68 bits per heavy atom. The number of hydrogen-bond acceptors (Lipinski definition) is 4. The Hall–Kier alpha value is -1.93. The quantitative estimate of drug-likeness (QED) is 0.817. The van der Waals surface area contributed by atoms with Gasteiger partial charge in [0.1, 0.15) is 0 Å². The Labute approximate surface area is 148 Å². The molecule has 8 heteroatoms. The Morgan fingerprint density at radius 3 is 2.20 bits per heavy atom. The first kappa shape index (κ1) is 17.9. The summed E-state index contributed by atoms with van der Waals surface area (Å²) in [7, 11) is -3.68. The first-order chi connectivity index (χ1) is 11.6. The minimum Gasteiger partial charge on any atom is -0.329 e. The first-order valence-electron chi connectivity index (χ1n) is 8.32. The van der Waals surface area contributed by atoms with Crippen LogP contribution in [-0.2, 0) is 14.8 Å². The van der Waals surface area contributed by atoms with Gasteiger partial charge < -0.3 is 5.32 Å². The maximum absolute atomic E-state index is 13.2. The van der Waals surface area contributed by atoms with Gasteiger partial charge in [-0.3, -0.25) is 9.69 Å². The number of urea groups is 1. The fraction of sp³-hybridized carbons (Fsp3) is 0.529. The van der Waals surface area contributed by atoms with Gasteiger partial charge in [-0.15, -0.1) is 0 Å². The number of rotatable bonds is 3. The molecule has 2 fully saturated rings. The van der Waals surface area contributed by atoms with Crippen LogP contribution >= 0.6 is 0 Å². The van der Waals surface area contributed by atoms with Crippen molar-refractivity contribution in [2.24, 2.45) is 0 Å². The van der Waals surface area contributed by atoms with Crippen molar-refractivity contribution in [1.82, 2.24) is 14.5 Å². The topological polar surface area (TPSA) is 86.8 Å². The molecule has 2 aliphatic heterocycles. The molecule has 1 N–H and O–H groups in total. The summed E-state index contributed by atoms with van der Waals surface area (Å²) in [6, 6.07) is 1.15. The second-order valence-electron chi connectivity index (χ2n) is 6.82. The number of carbonyl (C=O) groups is 2. The average Bonchev–Trinajstić information content (AvgIpc) is 3.12. The largest absolute Gasteiger partial charge is 0.329 e. The molecule has 1 unspecified atom stereocenters. The van der Waals surface area contributed by atoms with Gasteiger partial charge in [0.15, 0.2) is 0 Å². The monoisotopic (exact) mass is 365 g/mol. The van der Waals surface area contributed by atoms with Crippen molar-refractivity contribution in [3.8, 4) is 0 Å². The van der Waals surface area contributed by atoms with E-state index in [0.717, 1.165) is 27.2 Å². The number of benzene rings is 1. The van der Waals surface area contributed by atoms with Gasteiger partial charge in [0.2, 0.25) is 15.9 Å². The highest BCUT2D eigenvalue weighted by atomic mass is 32.2. The van der Waals surface area contributed by atoms with E-state index < -0.39 is 22.1 Å². The molecule has 2 saturated heterocycles.